The molecule has 0 bridgehead atoms. The van der Waals surface area contributed by atoms with Crippen LogP contribution in [-0.2, 0) is 38.1 Å². The van der Waals surface area contributed by atoms with E-state index in [9.17, 15) is 33.6 Å². The molecule has 0 aliphatic carbocycles. The van der Waals surface area contributed by atoms with Crippen molar-refractivity contribution in [3.8, 4) is 0 Å². The van der Waals surface area contributed by atoms with Gasteiger partial charge in [-0.15, -0.1) is 0 Å². The van der Waals surface area contributed by atoms with Gasteiger partial charge in [0.2, 0.25) is 11.8 Å². The number of hydrogen-bond donors (Lipinski definition) is 7. The number of carbonyl (C=O) groups is 7. The Hall–Kier alpha value is -4.19. The molecule has 1 unspecified atom stereocenters. The lowest BCUT2D eigenvalue weighted by Gasteiger charge is -2.26. The molecule has 0 heterocycles. The first-order valence-corrected chi connectivity index (χ1v) is 21.0. The summed E-state index contributed by atoms with van der Waals surface area (Å²) in [6.07, 6.45) is 2.61. The first-order valence-electron chi connectivity index (χ1n) is 21.0. The summed E-state index contributed by atoms with van der Waals surface area (Å²) in [6.45, 7) is 16.9. The molecule has 59 heavy (non-hydrogen) atoms. The number of hydrogen-bond acceptors (Lipinski definition) is 13. The number of carbonyl (C=O) groups excluding carboxylic acids is 7. The van der Waals surface area contributed by atoms with Gasteiger partial charge >= 0.3 is 24.2 Å². The molecule has 342 valence electrons. The Bertz CT molecular complexity index is 1310. The van der Waals surface area contributed by atoms with E-state index < -0.39 is 82.7 Å². The number of unbranched alkanes of at least 4 members (excludes halogenated alkanes) is 4. The molecule has 0 aromatic carbocycles. The monoisotopic (exact) mass is 844 g/mol. The fraction of sp³-hybridized carbons (Fsp3) is 0.829. The molecule has 0 rings (SSSR count). The average molecular weight is 844 g/mol. The second-order valence-electron chi connectivity index (χ2n) is 17.6. The van der Waals surface area contributed by atoms with E-state index in [0.717, 1.165) is 0 Å². The standard InChI is InChI=1S/C41H77N7O11/c1-39(2,3)57-36(53)44-25-17-13-19-28(33(50)47-31(35(52)56-10)22-12-16-24-43)27-32(49)29(20-14-18-26-45-37(54)58-40(4,5)6)46-34(51)30(21-11-15-23-42)48-38(55)59-41(7,8)9/h28-31H,11-27,42-43H2,1-10H3,(H,44,53)(H,45,54)(H,46,51)(H,47,50)(H,48,55)/t28-,29+,30+,31?/m1/s1. The fourth-order valence-electron chi connectivity index (χ4n) is 5.68. The number of rotatable bonds is 27. The van der Waals surface area contributed by atoms with E-state index >= 15 is 0 Å². The van der Waals surface area contributed by atoms with Gasteiger partial charge in [-0.25, -0.2) is 19.2 Å². The number of nitrogens with two attached hydrogens (primary N) is 2. The van der Waals surface area contributed by atoms with Crippen molar-refractivity contribution in [2.75, 3.05) is 33.3 Å². The average Bonchev–Trinajstić information content (AvgIpc) is 3.10. The van der Waals surface area contributed by atoms with Crippen molar-refractivity contribution in [1.82, 2.24) is 26.6 Å². The summed E-state index contributed by atoms with van der Waals surface area (Å²) in [5, 5.41) is 13.6. The molecule has 9 N–H and O–H groups in total. The van der Waals surface area contributed by atoms with Crippen LogP contribution in [0.2, 0.25) is 0 Å². The molecule has 4 atom stereocenters. The summed E-state index contributed by atoms with van der Waals surface area (Å²) in [5.41, 5.74) is 9.14. The van der Waals surface area contributed by atoms with E-state index in [0.29, 0.717) is 64.5 Å². The molecule has 0 aromatic rings. The molecule has 0 fully saturated rings. The molecule has 0 radical (unpaired) electrons. The summed E-state index contributed by atoms with van der Waals surface area (Å²) in [4.78, 5) is 91.7. The van der Waals surface area contributed by atoms with Gasteiger partial charge in [0.1, 0.15) is 28.9 Å². The fourth-order valence-corrected chi connectivity index (χ4v) is 5.68. The molecule has 18 heteroatoms. The van der Waals surface area contributed by atoms with Gasteiger partial charge in [0, 0.05) is 25.4 Å². The third-order valence-electron chi connectivity index (χ3n) is 8.46. The SMILES string of the molecule is COC(=O)C(CCCCN)NC(=O)[C@H](CCCCNC(=O)OC(C)(C)C)CC(=O)[C@H](CCCCNC(=O)OC(C)(C)C)NC(=O)[C@H](CCCCN)NC(=O)OC(C)(C)C. The van der Waals surface area contributed by atoms with E-state index in [1.54, 1.807) is 62.3 Å². The zero-order valence-electron chi connectivity index (χ0n) is 37.5. The molecule has 0 aromatic heterocycles. The summed E-state index contributed by atoms with van der Waals surface area (Å²) < 4.78 is 20.9. The lowest BCUT2D eigenvalue weighted by atomic mass is 9.90. The van der Waals surface area contributed by atoms with Gasteiger partial charge in [-0.1, -0.05) is 6.42 Å². The van der Waals surface area contributed by atoms with E-state index in [1.165, 1.54) is 7.11 Å². The highest BCUT2D eigenvalue weighted by Crippen LogP contribution is 2.19. The van der Waals surface area contributed by atoms with Crippen LogP contribution >= 0.6 is 0 Å². The number of ketones is 1. The zero-order valence-corrected chi connectivity index (χ0v) is 37.5. The van der Waals surface area contributed by atoms with E-state index in [2.05, 4.69) is 26.6 Å². The molecular formula is C41H77N7O11. The lowest BCUT2D eigenvalue weighted by Crippen LogP contribution is -2.53. The molecule has 5 amide bonds. The normalized spacial score (nSPS) is 13.8. The van der Waals surface area contributed by atoms with Crippen LogP contribution in [0, 0.1) is 5.92 Å². The second-order valence-corrected chi connectivity index (χ2v) is 17.6. The number of amides is 5. The van der Waals surface area contributed by atoms with Crippen molar-refractivity contribution in [3.63, 3.8) is 0 Å². The predicted molar refractivity (Wildman–Crippen MR) is 224 cm³/mol. The van der Waals surface area contributed by atoms with E-state index in [1.807, 2.05) is 0 Å². The number of ether oxygens (including phenoxy) is 4. The van der Waals surface area contributed by atoms with Crippen molar-refractivity contribution in [2.45, 2.75) is 181 Å². The minimum atomic E-state index is -1.08. The highest BCUT2D eigenvalue weighted by Gasteiger charge is 2.32. The predicted octanol–water partition coefficient (Wildman–Crippen LogP) is 4.25. The third-order valence-corrected chi connectivity index (χ3v) is 8.46. The number of nitrogens with one attached hydrogen (secondary N) is 5. The van der Waals surface area contributed by atoms with Gasteiger partial charge in [0.25, 0.3) is 0 Å². The van der Waals surface area contributed by atoms with Crippen molar-refractivity contribution in [1.29, 1.82) is 0 Å². The molecule has 18 nitrogen and oxygen atoms in total. The van der Waals surface area contributed by atoms with Crippen LogP contribution < -0.4 is 38.1 Å². The van der Waals surface area contributed by atoms with Crippen LogP contribution in [-0.4, -0.2) is 110 Å². The van der Waals surface area contributed by atoms with Gasteiger partial charge in [-0.2, -0.15) is 0 Å². The van der Waals surface area contributed by atoms with Crippen LogP contribution in [0.15, 0.2) is 0 Å². The minimum absolute atomic E-state index is 0.153. The number of methoxy groups -OCH3 is 1. The second kappa shape index (κ2) is 28.3. The number of Topliss-reactive ketones (excluding diaryl/α,β-unsaturated/α-hetero) is 1. The Kier molecular flexibility index (Phi) is 26.3. The lowest BCUT2D eigenvalue weighted by molar-refractivity contribution is -0.146. The van der Waals surface area contributed by atoms with Gasteiger partial charge < -0.3 is 57.0 Å². The maximum Gasteiger partial charge on any atom is 0.408 e. The maximum atomic E-state index is 14.2. The largest absolute Gasteiger partial charge is 0.467 e. The Balaban J connectivity index is 6.37. The molecule has 0 saturated carbocycles. The quantitative estimate of drug-likeness (QED) is 0.0347. The Morgan fingerprint density at radius 2 is 0.898 bits per heavy atom. The summed E-state index contributed by atoms with van der Waals surface area (Å²) in [6, 6.07) is -3.09. The zero-order chi connectivity index (χ0) is 45.2. The molecule has 0 aliphatic heterocycles. The number of alkyl carbamates (subject to hydrolysis) is 3. The van der Waals surface area contributed by atoms with E-state index in [-0.39, 0.29) is 45.2 Å². The van der Waals surface area contributed by atoms with Crippen molar-refractivity contribution in [3.05, 3.63) is 0 Å². The van der Waals surface area contributed by atoms with Gasteiger partial charge in [0.05, 0.1) is 13.2 Å². The van der Waals surface area contributed by atoms with Crippen LogP contribution in [0.25, 0.3) is 0 Å². The van der Waals surface area contributed by atoms with Crippen molar-refractivity contribution in [2.24, 2.45) is 17.4 Å². The number of esters is 1. The van der Waals surface area contributed by atoms with Crippen molar-refractivity contribution >= 4 is 41.8 Å². The summed E-state index contributed by atoms with van der Waals surface area (Å²) in [5.74, 6) is -3.15. The molecule has 0 aliphatic rings. The minimum Gasteiger partial charge on any atom is -0.467 e. The van der Waals surface area contributed by atoms with Crippen molar-refractivity contribution < 1.29 is 52.5 Å². The third kappa shape index (κ3) is 28.8. The highest BCUT2D eigenvalue weighted by molar-refractivity contribution is 5.95. The molecule has 0 spiro atoms. The van der Waals surface area contributed by atoms with Crippen LogP contribution in [0.1, 0.15) is 146 Å². The Labute approximate surface area is 351 Å². The highest BCUT2D eigenvalue weighted by atomic mass is 16.6. The van der Waals surface area contributed by atoms with E-state index in [4.69, 9.17) is 30.4 Å². The molecular weight excluding hydrogens is 766 g/mol. The Morgan fingerprint density at radius 1 is 0.492 bits per heavy atom. The van der Waals surface area contributed by atoms with Gasteiger partial charge in [-0.3, -0.25) is 14.4 Å². The maximum absolute atomic E-state index is 14.2. The van der Waals surface area contributed by atoms with Gasteiger partial charge in [0.15, 0.2) is 5.78 Å². The van der Waals surface area contributed by atoms with Crippen LogP contribution in [0.3, 0.4) is 0 Å². The van der Waals surface area contributed by atoms with Crippen LogP contribution in [0.4, 0.5) is 14.4 Å². The first kappa shape index (κ1) is 54.8. The Morgan fingerprint density at radius 3 is 1.36 bits per heavy atom. The van der Waals surface area contributed by atoms with Gasteiger partial charge in [-0.05, 0) is 146 Å². The van der Waals surface area contributed by atoms with Crippen LogP contribution in [0.5, 0.6) is 0 Å². The molecule has 0 saturated heterocycles. The summed E-state index contributed by atoms with van der Waals surface area (Å²) in [7, 11) is 1.22. The smallest absolute Gasteiger partial charge is 0.408 e. The topological polar surface area (TPSA) is 269 Å². The first-order chi connectivity index (χ1) is 27.4. The summed E-state index contributed by atoms with van der Waals surface area (Å²) >= 11 is 0.